The average molecular weight is 262 g/mol. The van der Waals surface area contributed by atoms with Gasteiger partial charge in [0.1, 0.15) is 6.04 Å². The lowest BCUT2D eigenvalue weighted by molar-refractivity contribution is -0.165. The fourth-order valence-corrected chi connectivity index (χ4v) is 1.75. The van der Waals surface area contributed by atoms with E-state index >= 15 is 0 Å². The monoisotopic (exact) mass is 261 g/mol. The van der Waals surface area contributed by atoms with E-state index in [1.807, 2.05) is 0 Å². The molecule has 0 radical (unpaired) electrons. The van der Waals surface area contributed by atoms with Crippen molar-refractivity contribution in [2.24, 2.45) is 5.92 Å². The van der Waals surface area contributed by atoms with Gasteiger partial charge < -0.3 is 10.1 Å². The van der Waals surface area contributed by atoms with Gasteiger partial charge in [-0.05, 0) is 25.3 Å². The van der Waals surface area contributed by atoms with E-state index in [1.54, 1.807) is 0 Å². The first-order valence-corrected chi connectivity index (χ1v) is 4.80. The van der Waals surface area contributed by atoms with Gasteiger partial charge in [0, 0.05) is 6.42 Å². The summed E-state index contributed by atoms with van der Waals surface area (Å²) in [6.45, 7) is 0.297. The van der Waals surface area contributed by atoms with Crippen molar-refractivity contribution in [2.45, 2.75) is 31.5 Å². The van der Waals surface area contributed by atoms with E-state index in [2.05, 4.69) is 10.1 Å². The Morgan fingerprint density at radius 1 is 1.50 bits per heavy atom. The molecular weight excluding hydrogens is 247 g/mol. The molecule has 3 nitrogen and oxygen atoms in total. The van der Waals surface area contributed by atoms with Crippen LogP contribution in [0.5, 0.6) is 0 Å². The van der Waals surface area contributed by atoms with Crippen molar-refractivity contribution in [3.05, 3.63) is 0 Å². The fourth-order valence-electron chi connectivity index (χ4n) is 1.75. The lowest BCUT2D eigenvalue weighted by Gasteiger charge is -2.31. The minimum Gasteiger partial charge on any atom is -0.469 e. The van der Waals surface area contributed by atoms with E-state index in [9.17, 15) is 18.0 Å². The van der Waals surface area contributed by atoms with Crippen LogP contribution in [0.1, 0.15) is 19.3 Å². The van der Waals surface area contributed by atoms with Crippen molar-refractivity contribution in [2.75, 3.05) is 13.7 Å². The number of rotatable bonds is 2. The molecule has 2 atom stereocenters. The highest BCUT2D eigenvalue weighted by molar-refractivity contribution is 5.85. The van der Waals surface area contributed by atoms with Gasteiger partial charge in [0.05, 0.1) is 7.11 Å². The minimum absolute atomic E-state index is 0. The highest BCUT2D eigenvalue weighted by Gasteiger charge is 2.42. The van der Waals surface area contributed by atoms with Crippen molar-refractivity contribution >= 4 is 18.4 Å². The highest BCUT2D eigenvalue weighted by Crippen LogP contribution is 2.30. The molecule has 1 saturated heterocycles. The summed E-state index contributed by atoms with van der Waals surface area (Å²) in [5.74, 6) is -0.673. The molecule has 1 heterocycles. The summed E-state index contributed by atoms with van der Waals surface area (Å²) in [5.41, 5.74) is 0. The molecule has 0 saturated carbocycles. The normalized spacial score (nSPS) is 25.8. The van der Waals surface area contributed by atoms with Crippen molar-refractivity contribution in [1.82, 2.24) is 5.32 Å². The number of piperidine rings is 1. The highest BCUT2D eigenvalue weighted by atomic mass is 35.5. The quantitative estimate of drug-likeness (QED) is 0.772. The summed E-state index contributed by atoms with van der Waals surface area (Å²) in [5, 5.41) is 2.40. The van der Waals surface area contributed by atoms with Crippen molar-refractivity contribution in [1.29, 1.82) is 0 Å². The number of hydrogen-bond acceptors (Lipinski definition) is 3. The van der Waals surface area contributed by atoms with Gasteiger partial charge in [0.15, 0.2) is 0 Å². The number of ether oxygens (including phenoxy) is 1. The number of methoxy groups -OCH3 is 1. The Morgan fingerprint density at radius 3 is 2.62 bits per heavy atom. The zero-order valence-corrected chi connectivity index (χ0v) is 9.66. The van der Waals surface area contributed by atoms with Gasteiger partial charge >= 0.3 is 12.1 Å². The lowest BCUT2D eigenvalue weighted by atomic mass is 9.89. The van der Waals surface area contributed by atoms with Gasteiger partial charge in [-0.15, -0.1) is 12.4 Å². The Morgan fingerprint density at radius 2 is 2.12 bits per heavy atom. The van der Waals surface area contributed by atoms with E-state index in [0.29, 0.717) is 13.0 Å². The molecule has 0 bridgehead atoms. The van der Waals surface area contributed by atoms with Crippen molar-refractivity contribution < 1.29 is 22.7 Å². The average Bonchev–Trinajstić information content (AvgIpc) is 2.17. The molecule has 0 unspecified atom stereocenters. The molecule has 0 aromatic heterocycles. The topological polar surface area (TPSA) is 38.3 Å². The number of carbonyl (C=O) groups is 1. The first-order valence-electron chi connectivity index (χ1n) is 4.80. The zero-order valence-electron chi connectivity index (χ0n) is 8.84. The van der Waals surface area contributed by atoms with Gasteiger partial charge in [-0.3, -0.25) is 4.79 Å². The van der Waals surface area contributed by atoms with Crippen LogP contribution in [0.4, 0.5) is 13.2 Å². The number of alkyl halides is 3. The maximum atomic E-state index is 12.4. The Kier molecular flexibility index (Phi) is 6.10. The summed E-state index contributed by atoms with van der Waals surface area (Å²) in [7, 11) is 1.24. The lowest BCUT2D eigenvalue weighted by Crippen LogP contribution is -2.48. The van der Waals surface area contributed by atoms with Gasteiger partial charge in [-0.25, -0.2) is 0 Å². The summed E-state index contributed by atoms with van der Waals surface area (Å²) < 4.78 is 41.5. The zero-order chi connectivity index (χ0) is 11.5. The van der Waals surface area contributed by atoms with E-state index < -0.39 is 18.2 Å². The van der Waals surface area contributed by atoms with Crippen LogP contribution in [0.25, 0.3) is 0 Å². The van der Waals surface area contributed by atoms with Crippen LogP contribution in [-0.4, -0.2) is 31.8 Å². The second-order valence-corrected chi connectivity index (χ2v) is 3.72. The van der Waals surface area contributed by atoms with E-state index in [4.69, 9.17) is 0 Å². The number of esters is 1. The molecule has 0 aromatic rings. The van der Waals surface area contributed by atoms with Crippen molar-refractivity contribution in [3.8, 4) is 0 Å². The van der Waals surface area contributed by atoms with Crippen LogP contribution in [0.15, 0.2) is 0 Å². The third-order valence-corrected chi connectivity index (χ3v) is 2.59. The predicted octanol–water partition coefficient (Wildman–Crippen LogP) is 1.90. The van der Waals surface area contributed by atoms with Crippen LogP contribution >= 0.6 is 12.4 Å². The molecule has 0 aromatic carbocycles. The number of carbonyl (C=O) groups excluding carboxylic acids is 1. The van der Waals surface area contributed by atoms with Crippen LogP contribution in [0, 0.1) is 5.92 Å². The van der Waals surface area contributed by atoms with Crippen LogP contribution in [-0.2, 0) is 9.53 Å². The molecule has 0 amide bonds. The maximum Gasteiger partial charge on any atom is 0.403 e. The molecule has 0 aliphatic carbocycles. The van der Waals surface area contributed by atoms with Gasteiger partial charge in [-0.1, -0.05) is 0 Å². The van der Waals surface area contributed by atoms with Crippen molar-refractivity contribution in [3.63, 3.8) is 0 Å². The molecule has 1 fully saturated rings. The third-order valence-electron chi connectivity index (χ3n) is 2.59. The smallest absolute Gasteiger partial charge is 0.403 e. The fraction of sp³-hybridized carbons (Fsp3) is 0.889. The SMILES string of the molecule is COC(=O)C[C@@H]1CCN[C@H](C(F)(F)F)C1.Cl. The third kappa shape index (κ3) is 4.57. The molecule has 1 aliphatic rings. The Bertz CT molecular complexity index is 235. The first-order chi connectivity index (χ1) is 6.93. The second-order valence-electron chi connectivity index (χ2n) is 3.72. The van der Waals surface area contributed by atoms with E-state index in [1.165, 1.54) is 7.11 Å². The predicted molar refractivity (Wildman–Crippen MR) is 54.5 cm³/mol. The Balaban J connectivity index is 0.00000225. The molecule has 16 heavy (non-hydrogen) atoms. The minimum atomic E-state index is -4.23. The molecule has 7 heteroatoms. The molecule has 1 rings (SSSR count). The maximum absolute atomic E-state index is 12.4. The summed E-state index contributed by atoms with van der Waals surface area (Å²) in [4.78, 5) is 10.9. The molecule has 1 N–H and O–H groups in total. The summed E-state index contributed by atoms with van der Waals surface area (Å²) in [6, 6.07) is -1.49. The van der Waals surface area contributed by atoms with E-state index in [0.717, 1.165) is 0 Å². The van der Waals surface area contributed by atoms with Crippen LogP contribution < -0.4 is 5.32 Å². The van der Waals surface area contributed by atoms with Gasteiger partial charge in [-0.2, -0.15) is 13.2 Å². The number of hydrogen-bond donors (Lipinski definition) is 1. The number of nitrogens with one attached hydrogen (secondary N) is 1. The number of halogens is 4. The molecule has 96 valence electrons. The molecule has 1 aliphatic heterocycles. The largest absolute Gasteiger partial charge is 0.469 e. The summed E-state index contributed by atoms with van der Waals surface area (Å²) in [6.07, 6.45) is -3.61. The Hall–Kier alpha value is -0.490. The standard InChI is InChI=1S/C9H14F3NO2.ClH/c1-15-8(14)5-6-2-3-13-7(4-6)9(10,11)12;/h6-7,13H,2-5H2,1H3;1H/t6-,7+;/m1./s1. The van der Waals surface area contributed by atoms with Gasteiger partial charge in [0.2, 0.25) is 0 Å². The second kappa shape index (κ2) is 6.30. The van der Waals surface area contributed by atoms with E-state index in [-0.39, 0.29) is 31.2 Å². The first kappa shape index (κ1) is 15.5. The van der Waals surface area contributed by atoms with Gasteiger partial charge in [0.25, 0.3) is 0 Å². The van der Waals surface area contributed by atoms with Crippen LogP contribution in [0.2, 0.25) is 0 Å². The summed E-state index contributed by atoms with van der Waals surface area (Å²) >= 11 is 0. The molecular formula is C9H15ClF3NO2. The van der Waals surface area contributed by atoms with Crippen LogP contribution in [0.3, 0.4) is 0 Å². The molecule has 0 spiro atoms. The Labute approximate surface area is 98.1 Å².